The standard InChI is InChI=1S/C27H26F2N2O5/c1-5-35-26(34)24-20(13-16-9-11-17(12-10-16)14-22(33)36-27(2,3)4)30-25(31-21(24)15-32)23-18(28)7-6-8-19(23)29/h6-12,15H,5,13-14H2,1-4H3. The Morgan fingerprint density at radius 2 is 1.58 bits per heavy atom. The molecule has 2 aromatic carbocycles. The Balaban J connectivity index is 2.00. The first-order valence-corrected chi connectivity index (χ1v) is 11.3. The van der Waals surface area contributed by atoms with Gasteiger partial charge in [-0.05, 0) is 51.0 Å². The second kappa shape index (κ2) is 11.2. The summed E-state index contributed by atoms with van der Waals surface area (Å²) < 4.78 is 39.2. The van der Waals surface area contributed by atoms with Crippen molar-refractivity contribution in [1.29, 1.82) is 0 Å². The normalized spacial score (nSPS) is 11.2. The molecule has 1 aromatic heterocycles. The number of carbonyl (C=O) groups excluding carboxylic acids is 3. The lowest BCUT2D eigenvalue weighted by Crippen LogP contribution is -2.24. The van der Waals surface area contributed by atoms with Crippen LogP contribution < -0.4 is 0 Å². The minimum absolute atomic E-state index is 0.0350. The maximum Gasteiger partial charge on any atom is 0.342 e. The summed E-state index contributed by atoms with van der Waals surface area (Å²) in [6.07, 6.45) is 0.433. The van der Waals surface area contributed by atoms with Gasteiger partial charge in [-0.1, -0.05) is 30.3 Å². The molecule has 0 fully saturated rings. The topological polar surface area (TPSA) is 95.5 Å². The number of nitrogens with zero attached hydrogens (tertiary/aromatic N) is 2. The van der Waals surface area contributed by atoms with Crippen molar-refractivity contribution < 1.29 is 32.6 Å². The van der Waals surface area contributed by atoms with Crippen molar-refractivity contribution in [3.05, 3.63) is 82.2 Å². The minimum Gasteiger partial charge on any atom is -0.462 e. The Bertz CT molecular complexity index is 1260. The van der Waals surface area contributed by atoms with Crippen molar-refractivity contribution in [2.24, 2.45) is 0 Å². The van der Waals surface area contributed by atoms with Crippen LogP contribution in [0.15, 0.2) is 42.5 Å². The Morgan fingerprint density at radius 3 is 2.14 bits per heavy atom. The quantitative estimate of drug-likeness (QED) is 0.324. The van der Waals surface area contributed by atoms with Crippen LogP contribution in [0.3, 0.4) is 0 Å². The van der Waals surface area contributed by atoms with E-state index < -0.39 is 28.8 Å². The van der Waals surface area contributed by atoms with E-state index in [1.165, 1.54) is 6.07 Å². The second-order valence-corrected chi connectivity index (χ2v) is 8.95. The highest BCUT2D eigenvalue weighted by Gasteiger charge is 2.25. The number of hydrogen-bond donors (Lipinski definition) is 0. The number of benzene rings is 2. The van der Waals surface area contributed by atoms with Gasteiger partial charge in [-0.2, -0.15) is 0 Å². The first-order valence-electron chi connectivity index (χ1n) is 11.3. The van der Waals surface area contributed by atoms with Gasteiger partial charge in [0.2, 0.25) is 0 Å². The van der Waals surface area contributed by atoms with Gasteiger partial charge >= 0.3 is 11.9 Å². The van der Waals surface area contributed by atoms with Crippen LogP contribution in [0.1, 0.15) is 65.4 Å². The SMILES string of the molecule is CCOC(=O)c1c(C=O)nc(-c2c(F)cccc2F)nc1Cc1ccc(CC(=O)OC(C)(C)C)cc1. The third-order valence-corrected chi connectivity index (χ3v) is 4.95. The van der Waals surface area contributed by atoms with Gasteiger partial charge < -0.3 is 9.47 Å². The summed E-state index contributed by atoms with van der Waals surface area (Å²) in [5.74, 6) is -3.38. The van der Waals surface area contributed by atoms with Crippen LogP contribution in [0.4, 0.5) is 8.78 Å². The molecule has 188 valence electrons. The van der Waals surface area contributed by atoms with Gasteiger partial charge in [0, 0.05) is 6.42 Å². The largest absolute Gasteiger partial charge is 0.462 e. The van der Waals surface area contributed by atoms with E-state index in [2.05, 4.69) is 9.97 Å². The van der Waals surface area contributed by atoms with Crippen molar-refractivity contribution in [3.8, 4) is 11.4 Å². The number of carbonyl (C=O) groups is 3. The Kier molecular flexibility index (Phi) is 8.24. The highest BCUT2D eigenvalue weighted by Crippen LogP contribution is 2.26. The van der Waals surface area contributed by atoms with Crippen LogP contribution in [0.25, 0.3) is 11.4 Å². The first kappa shape index (κ1) is 26.6. The molecule has 0 aliphatic carbocycles. The van der Waals surface area contributed by atoms with Crippen molar-refractivity contribution in [3.63, 3.8) is 0 Å². The summed E-state index contributed by atoms with van der Waals surface area (Å²) in [5.41, 5.74) is -0.164. The monoisotopic (exact) mass is 496 g/mol. The second-order valence-electron chi connectivity index (χ2n) is 8.95. The molecule has 0 atom stereocenters. The van der Waals surface area contributed by atoms with Crippen molar-refractivity contribution in [2.75, 3.05) is 6.61 Å². The molecule has 0 aliphatic heterocycles. The summed E-state index contributed by atoms with van der Waals surface area (Å²) in [7, 11) is 0. The zero-order chi connectivity index (χ0) is 26.5. The number of aldehydes is 1. The number of ether oxygens (including phenoxy) is 2. The van der Waals surface area contributed by atoms with Crippen molar-refractivity contribution >= 4 is 18.2 Å². The van der Waals surface area contributed by atoms with Gasteiger partial charge in [-0.15, -0.1) is 0 Å². The number of rotatable bonds is 8. The van der Waals surface area contributed by atoms with E-state index in [0.717, 1.165) is 12.1 Å². The zero-order valence-corrected chi connectivity index (χ0v) is 20.4. The van der Waals surface area contributed by atoms with Crippen LogP contribution in [0.5, 0.6) is 0 Å². The Labute approximate surface area is 207 Å². The third kappa shape index (κ3) is 6.56. The molecule has 0 bridgehead atoms. The van der Waals surface area contributed by atoms with Gasteiger partial charge in [0.05, 0.1) is 24.3 Å². The van der Waals surface area contributed by atoms with Crippen LogP contribution >= 0.6 is 0 Å². The van der Waals surface area contributed by atoms with Gasteiger partial charge in [-0.25, -0.2) is 23.5 Å². The van der Waals surface area contributed by atoms with Gasteiger partial charge in [0.15, 0.2) is 12.1 Å². The summed E-state index contributed by atoms with van der Waals surface area (Å²) in [6, 6.07) is 10.2. The molecule has 1 heterocycles. The van der Waals surface area contributed by atoms with E-state index in [9.17, 15) is 23.2 Å². The first-order chi connectivity index (χ1) is 17.0. The third-order valence-electron chi connectivity index (χ3n) is 4.95. The summed E-state index contributed by atoms with van der Waals surface area (Å²) in [5, 5.41) is 0. The summed E-state index contributed by atoms with van der Waals surface area (Å²) >= 11 is 0. The number of hydrogen-bond acceptors (Lipinski definition) is 7. The Hall–Kier alpha value is -4.01. The van der Waals surface area contributed by atoms with E-state index >= 15 is 0 Å². The zero-order valence-electron chi connectivity index (χ0n) is 20.4. The molecule has 0 saturated carbocycles. The van der Waals surface area contributed by atoms with Crippen molar-refractivity contribution in [1.82, 2.24) is 9.97 Å². The number of aromatic nitrogens is 2. The van der Waals surface area contributed by atoms with Crippen LogP contribution in [-0.2, 0) is 27.1 Å². The van der Waals surface area contributed by atoms with Crippen molar-refractivity contribution in [2.45, 2.75) is 46.1 Å². The molecular formula is C27H26F2N2O5. The predicted molar refractivity (Wildman–Crippen MR) is 128 cm³/mol. The maximum absolute atomic E-state index is 14.4. The average molecular weight is 497 g/mol. The van der Waals surface area contributed by atoms with E-state index in [0.29, 0.717) is 17.4 Å². The number of esters is 2. The lowest BCUT2D eigenvalue weighted by atomic mass is 10.0. The predicted octanol–water partition coefficient (Wildman–Crippen LogP) is 4.89. The molecule has 9 heteroatoms. The molecule has 7 nitrogen and oxygen atoms in total. The molecule has 0 saturated heterocycles. The van der Waals surface area contributed by atoms with Gasteiger partial charge in [-0.3, -0.25) is 9.59 Å². The summed E-state index contributed by atoms with van der Waals surface area (Å²) in [6.45, 7) is 6.99. The molecule has 0 aliphatic rings. The highest BCUT2D eigenvalue weighted by atomic mass is 19.1. The molecule has 0 unspecified atom stereocenters. The lowest BCUT2D eigenvalue weighted by molar-refractivity contribution is -0.153. The number of halogens is 2. The van der Waals surface area contributed by atoms with Gasteiger partial charge in [0.25, 0.3) is 0 Å². The lowest BCUT2D eigenvalue weighted by Gasteiger charge is -2.19. The van der Waals surface area contributed by atoms with E-state index in [1.807, 2.05) is 0 Å². The van der Waals surface area contributed by atoms with E-state index in [1.54, 1.807) is 52.0 Å². The van der Waals surface area contributed by atoms with E-state index in [-0.39, 0.29) is 48.2 Å². The van der Waals surface area contributed by atoms with Crippen LogP contribution in [-0.4, -0.2) is 40.4 Å². The molecule has 0 N–H and O–H groups in total. The van der Waals surface area contributed by atoms with Gasteiger partial charge in [0.1, 0.15) is 28.5 Å². The molecule has 3 aromatic rings. The molecule has 36 heavy (non-hydrogen) atoms. The maximum atomic E-state index is 14.4. The molecular weight excluding hydrogens is 470 g/mol. The molecule has 0 spiro atoms. The Morgan fingerprint density at radius 1 is 0.972 bits per heavy atom. The highest BCUT2D eigenvalue weighted by molar-refractivity contribution is 5.98. The minimum atomic E-state index is -0.909. The summed E-state index contributed by atoms with van der Waals surface area (Å²) in [4.78, 5) is 44.8. The molecule has 3 rings (SSSR count). The fourth-order valence-electron chi connectivity index (χ4n) is 3.50. The fourth-order valence-corrected chi connectivity index (χ4v) is 3.50. The van der Waals surface area contributed by atoms with Crippen LogP contribution in [0.2, 0.25) is 0 Å². The van der Waals surface area contributed by atoms with E-state index in [4.69, 9.17) is 9.47 Å². The van der Waals surface area contributed by atoms with Crippen LogP contribution in [0, 0.1) is 11.6 Å². The fraction of sp³-hybridized carbons (Fsp3) is 0.296. The molecule has 0 amide bonds. The smallest absolute Gasteiger partial charge is 0.342 e. The molecule has 0 radical (unpaired) electrons. The average Bonchev–Trinajstić information content (AvgIpc) is 2.78.